The van der Waals surface area contributed by atoms with E-state index in [1.165, 1.54) is 5.38 Å². The fraction of sp³-hybridized carbons (Fsp3) is 0.214. The summed E-state index contributed by atoms with van der Waals surface area (Å²) in [7, 11) is 0. The van der Waals surface area contributed by atoms with Gasteiger partial charge in [0.15, 0.2) is 5.13 Å². The first-order valence-electron chi connectivity index (χ1n) is 6.29. The van der Waals surface area contributed by atoms with Crippen LogP contribution in [0.4, 0.5) is 5.13 Å². The van der Waals surface area contributed by atoms with Crippen LogP contribution in [0.5, 0.6) is 5.75 Å². The third-order valence-electron chi connectivity index (χ3n) is 2.47. The predicted molar refractivity (Wildman–Crippen MR) is 80.8 cm³/mol. The van der Waals surface area contributed by atoms with E-state index in [1.54, 1.807) is 24.3 Å². The fourth-order valence-electron chi connectivity index (χ4n) is 1.62. The van der Waals surface area contributed by atoms with Crippen molar-refractivity contribution in [3.05, 3.63) is 40.9 Å². The summed E-state index contributed by atoms with van der Waals surface area (Å²) in [5.74, 6) is -0.483. The number of rotatable bonds is 5. The number of thiazole rings is 1. The molecule has 0 aliphatic heterocycles. The smallest absolute Gasteiger partial charge is 0.268 e. The molecular weight excluding hydrogens is 290 g/mol. The topological polar surface area (TPSA) is 94.3 Å². The first-order chi connectivity index (χ1) is 9.97. The summed E-state index contributed by atoms with van der Waals surface area (Å²) in [6.07, 6.45) is -0.0414. The zero-order valence-corrected chi connectivity index (χ0v) is 12.4. The van der Waals surface area contributed by atoms with E-state index in [0.717, 1.165) is 11.3 Å². The van der Waals surface area contributed by atoms with Gasteiger partial charge < -0.3 is 10.5 Å². The van der Waals surface area contributed by atoms with Crippen molar-refractivity contribution in [3.63, 3.8) is 0 Å². The SMILES string of the molecule is CC(C)Oc1ccccc1C(=O)Nc1nc(C(N)=O)cs1. The lowest BCUT2D eigenvalue weighted by molar-refractivity contribution is 0.0991. The van der Waals surface area contributed by atoms with Crippen LogP contribution >= 0.6 is 11.3 Å². The molecule has 0 aliphatic carbocycles. The van der Waals surface area contributed by atoms with Crippen LogP contribution in [0, 0.1) is 0 Å². The molecule has 0 atom stereocenters. The first-order valence-corrected chi connectivity index (χ1v) is 7.17. The van der Waals surface area contributed by atoms with E-state index in [0.29, 0.717) is 16.4 Å². The number of hydrogen-bond donors (Lipinski definition) is 2. The van der Waals surface area contributed by atoms with E-state index in [1.807, 2.05) is 13.8 Å². The van der Waals surface area contributed by atoms with Crippen LogP contribution in [0.2, 0.25) is 0 Å². The van der Waals surface area contributed by atoms with Crippen LogP contribution in [-0.2, 0) is 0 Å². The Morgan fingerprint density at radius 3 is 2.67 bits per heavy atom. The average Bonchev–Trinajstić information content (AvgIpc) is 2.87. The Morgan fingerprint density at radius 2 is 2.05 bits per heavy atom. The number of amides is 2. The fourth-order valence-corrected chi connectivity index (χ4v) is 2.31. The van der Waals surface area contributed by atoms with E-state index in [9.17, 15) is 9.59 Å². The maximum Gasteiger partial charge on any atom is 0.268 e. The van der Waals surface area contributed by atoms with Gasteiger partial charge in [0, 0.05) is 5.38 Å². The van der Waals surface area contributed by atoms with Crippen molar-refractivity contribution in [2.24, 2.45) is 5.73 Å². The van der Waals surface area contributed by atoms with Gasteiger partial charge in [-0.1, -0.05) is 12.1 Å². The number of aromatic nitrogens is 1. The number of anilines is 1. The summed E-state index contributed by atoms with van der Waals surface area (Å²) in [5.41, 5.74) is 5.65. The maximum absolute atomic E-state index is 12.3. The highest BCUT2D eigenvalue weighted by Gasteiger charge is 2.15. The predicted octanol–water partition coefficient (Wildman–Crippen LogP) is 2.28. The first kappa shape index (κ1) is 15.0. The number of carbonyl (C=O) groups is 2. The van der Waals surface area contributed by atoms with E-state index < -0.39 is 5.91 Å². The summed E-state index contributed by atoms with van der Waals surface area (Å²) in [4.78, 5) is 27.2. The zero-order valence-electron chi connectivity index (χ0n) is 11.6. The number of benzene rings is 1. The number of primary amides is 1. The van der Waals surface area contributed by atoms with Gasteiger partial charge >= 0.3 is 0 Å². The Balaban J connectivity index is 2.18. The molecule has 1 heterocycles. The van der Waals surface area contributed by atoms with Crippen molar-refractivity contribution in [3.8, 4) is 5.75 Å². The van der Waals surface area contributed by atoms with Crippen molar-refractivity contribution in [1.29, 1.82) is 0 Å². The molecule has 7 heteroatoms. The molecule has 1 aromatic heterocycles. The van der Waals surface area contributed by atoms with Gasteiger partial charge in [0.25, 0.3) is 11.8 Å². The van der Waals surface area contributed by atoms with Crippen LogP contribution in [0.25, 0.3) is 0 Å². The highest BCUT2D eigenvalue weighted by atomic mass is 32.1. The highest BCUT2D eigenvalue weighted by molar-refractivity contribution is 7.14. The molecule has 2 rings (SSSR count). The van der Waals surface area contributed by atoms with Crippen molar-refractivity contribution < 1.29 is 14.3 Å². The quantitative estimate of drug-likeness (QED) is 0.886. The average molecular weight is 305 g/mol. The Morgan fingerprint density at radius 1 is 1.33 bits per heavy atom. The van der Waals surface area contributed by atoms with Gasteiger partial charge in [-0.25, -0.2) is 4.98 Å². The molecule has 1 aromatic carbocycles. The Kier molecular flexibility index (Phi) is 4.54. The van der Waals surface area contributed by atoms with Gasteiger partial charge in [-0.3, -0.25) is 14.9 Å². The largest absolute Gasteiger partial charge is 0.490 e. The van der Waals surface area contributed by atoms with Crippen molar-refractivity contribution >= 4 is 28.3 Å². The van der Waals surface area contributed by atoms with Crippen molar-refractivity contribution in [1.82, 2.24) is 4.98 Å². The minimum absolute atomic E-state index is 0.0414. The Labute approximate surface area is 125 Å². The number of ether oxygens (including phenoxy) is 1. The molecular formula is C14H15N3O3S. The second-order valence-corrected chi connectivity index (χ2v) is 5.38. The molecule has 6 nitrogen and oxygen atoms in total. The van der Waals surface area contributed by atoms with Gasteiger partial charge in [0.05, 0.1) is 11.7 Å². The normalized spacial score (nSPS) is 10.4. The third kappa shape index (κ3) is 3.79. The molecule has 0 fully saturated rings. The van der Waals surface area contributed by atoms with Gasteiger partial charge in [-0.15, -0.1) is 11.3 Å². The molecule has 0 saturated heterocycles. The number of hydrogen-bond acceptors (Lipinski definition) is 5. The highest BCUT2D eigenvalue weighted by Crippen LogP contribution is 2.22. The minimum Gasteiger partial charge on any atom is -0.490 e. The van der Waals surface area contributed by atoms with E-state index in [-0.39, 0.29) is 17.7 Å². The molecule has 0 unspecified atom stereocenters. The van der Waals surface area contributed by atoms with E-state index in [2.05, 4.69) is 10.3 Å². The van der Waals surface area contributed by atoms with Crippen LogP contribution < -0.4 is 15.8 Å². The molecule has 2 aromatic rings. The zero-order chi connectivity index (χ0) is 15.4. The number of para-hydroxylation sites is 1. The van der Waals surface area contributed by atoms with Crippen LogP contribution in [-0.4, -0.2) is 22.9 Å². The van der Waals surface area contributed by atoms with Gasteiger partial charge in [-0.2, -0.15) is 0 Å². The van der Waals surface area contributed by atoms with E-state index >= 15 is 0 Å². The summed E-state index contributed by atoms with van der Waals surface area (Å²) in [6.45, 7) is 3.77. The standard InChI is InChI=1S/C14H15N3O3S/c1-8(2)20-11-6-4-3-5-9(11)13(19)17-14-16-10(7-21-14)12(15)18/h3-8H,1-2H3,(H2,15,18)(H,16,17,19). The van der Waals surface area contributed by atoms with Crippen molar-refractivity contribution in [2.75, 3.05) is 5.32 Å². The Bertz CT molecular complexity index is 667. The summed E-state index contributed by atoms with van der Waals surface area (Å²) in [6, 6.07) is 6.93. The lowest BCUT2D eigenvalue weighted by Crippen LogP contribution is -2.16. The maximum atomic E-state index is 12.3. The second kappa shape index (κ2) is 6.36. The minimum atomic E-state index is -0.629. The van der Waals surface area contributed by atoms with Crippen molar-refractivity contribution in [2.45, 2.75) is 20.0 Å². The third-order valence-corrected chi connectivity index (χ3v) is 3.23. The molecule has 2 amide bonds. The molecule has 0 aliphatic rings. The summed E-state index contributed by atoms with van der Waals surface area (Å²) < 4.78 is 5.60. The van der Waals surface area contributed by atoms with E-state index in [4.69, 9.17) is 10.5 Å². The molecule has 0 saturated carbocycles. The van der Waals surface area contributed by atoms with Crippen LogP contribution in [0.3, 0.4) is 0 Å². The summed E-state index contributed by atoms with van der Waals surface area (Å²) in [5, 5.41) is 4.44. The molecule has 110 valence electrons. The van der Waals surface area contributed by atoms with Crippen LogP contribution in [0.1, 0.15) is 34.7 Å². The van der Waals surface area contributed by atoms with Gasteiger partial charge in [0.1, 0.15) is 11.4 Å². The number of nitrogens with zero attached hydrogens (tertiary/aromatic N) is 1. The lowest BCUT2D eigenvalue weighted by atomic mass is 10.2. The van der Waals surface area contributed by atoms with Gasteiger partial charge in [0.2, 0.25) is 0 Å². The molecule has 0 bridgehead atoms. The molecule has 3 N–H and O–H groups in total. The lowest BCUT2D eigenvalue weighted by Gasteiger charge is -2.13. The molecule has 21 heavy (non-hydrogen) atoms. The summed E-state index contributed by atoms with van der Waals surface area (Å²) >= 11 is 1.14. The number of carbonyl (C=O) groups excluding carboxylic acids is 2. The number of nitrogens with two attached hydrogens (primary N) is 1. The molecule has 0 radical (unpaired) electrons. The monoisotopic (exact) mass is 305 g/mol. The molecule has 0 spiro atoms. The van der Waals surface area contributed by atoms with Gasteiger partial charge in [-0.05, 0) is 26.0 Å². The van der Waals surface area contributed by atoms with Crippen LogP contribution in [0.15, 0.2) is 29.6 Å². The number of nitrogens with one attached hydrogen (secondary N) is 1. The second-order valence-electron chi connectivity index (χ2n) is 4.52. The Hall–Kier alpha value is -2.41.